The minimum absolute atomic E-state index is 0.0399. The van der Waals surface area contributed by atoms with Crippen molar-refractivity contribution in [3.63, 3.8) is 0 Å². The van der Waals surface area contributed by atoms with Crippen LogP contribution in [-0.4, -0.2) is 43.1 Å². The first-order chi connectivity index (χ1) is 15.0. The fourth-order valence-electron chi connectivity index (χ4n) is 3.68. The highest BCUT2D eigenvalue weighted by molar-refractivity contribution is 5.94. The number of carbonyl (C=O) groups is 2. The van der Waals surface area contributed by atoms with E-state index in [0.717, 1.165) is 11.3 Å². The van der Waals surface area contributed by atoms with E-state index in [-0.39, 0.29) is 17.8 Å². The normalized spacial score (nSPS) is 14.2. The fraction of sp³-hybridized carbons (Fsp3) is 0.440. The quantitative estimate of drug-likeness (QED) is 0.587. The molecule has 6 heteroatoms. The first kappa shape index (κ1) is 22.7. The molecule has 1 fully saturated rings. The van der Waals surface area contributed by atoms with Gasteiger partial charge in [-0.15, -0.1) is 0 Å². The van der Waals surface area contributed by atoms with E-state index in [1.54, 1.807) is 11.0 Å². The molecule has 0 aromatic heterocycles. The molecule has 0 aliphatic carbocycles. The number of hydrogen-bond donors (Lipinski definition) is 0. The molecule has 1 aliphatic heterocycles. The predicted octanol–water partition coefficient (Wildman–Crippen LogP) is 4.39. The zero-order chi connectivity index (χ0) is 22.2. The topological polar surface area (TPSA) is 65.1 Å². The number of hydrogen-bond acceptors (Lipinski definition) is 5. The van der Waals surface area contributed by atoms with Crippen LogP contribution in [0, 0.1) is 12.8 Å². The van der Waals surface area contributed by atoms with Gasteiger partial charge < -0.3 is 19.1 Å². The average molecular weight is 426 g/mol. The zero-order valence-electron chi connectivity index (χ0n) is 18.6. The summed E-state index contributed by atoms with van der Waals surface area (Å²) in [4.78, 5) is 26.8. The Bertz CT molecular complexity index is 885. The SMILES string of the molecule is CCOC(=O)C1CCN(C(=O)c2ccc(OCC)c(COc3ccc(C)cc3)c2)CC1. The van der Waals surface area contributed by atoms with E-state index in [1.165, 1.54) is 5.56 Å². The van der Waals surface area contributed by atoms with Crippen molar-refractivity contribution < 1.29 is 23.8 Å². The molecule has 2 aromatic rings. The number of rotatable bonds is 8. The minimum Gasteiger partial charge on any atom is -0.493 e. The molecule has 1 heterocycles. The zero-order valence-corrected chi connectivity index (χ0v) is 18.6. The Kier molecular flexibility index (Phi) is 7.93. The molecular formula is C25H31NO5. The highest BCUT2D eigenvalue weighted by Gasteiger charge is 2.29. The lowest BCUT2D eigenvalue weighted by molar-refractivity contribution is -0.149. The van der Waals surface area contributed by atoms with Crippen molar-refractivity contribution in [2.24, 2.45) is 5.92 Å². The third-order valence-corrected chi connectivity index (χ3v) is 5.42. The van der Waals surface area contributed by atoms with Crippen LogP contribution in [0.2, 0.25) is 0 Å². The number of nitrogens with zero attached hydrogens (tertiary/aromatic N) is 1. The molecule has 31 heavy (non-hydrogen) atoms. The van der Waals surface area contributed by atoms with E-state index in [2.05, 4.69) is 0 Å². The summed E-state index contributed by atoms with van der Waals surface area (Å²) in [5.41, 5.74) is 2.59. The molecule has 166 valence electrons. The summed E-state index contributed by atoms with van der Waals surface area (Å²) in [5.74, 6) is 1.16. The number of benzene rings is 2. The van der Waals surface area contributed by atoms with Gasteiger partial charge in [-0.2, -0.15) is 0 Å². The number of likely N-dealkylation sites (tertiary alicyclic amines) is 1. The molecular weight excluding hydrogens is 394 g/mol. The molecule has 2 aromatic carbocycles. The van der Waals surface area contributed by atoms with Crippen LogP contribution in [0.3, 0.4) is 0 Å². The lowest BCUT2D eigenvalue weighted by atomic mass is 9.96. The molecule has 6 nitrogen and oxygen atoms in total. The van der Waals surface area contributed by atoms with Gasteiger partial charge in [0.1, 0.15) is 18.1 Å². The van der Waals surface area contributed by atoms with Gasteiger partial charge in [-0.05, 0) is 63.9 Å². The van der Waals surface area contributed by atoms with Gasteiger partial charge in [0.15, 0.2) is 0 Å². The first-order valence-corrected chi connectivity index (χ1v) is 10.9. The highest BCUT2D eigenvalue weighted by Crippen LogP contribution is 2.25. The van der Waals surface area contributed by atoms with Gasteiger partial charge in [-0.1, -0.05) is 17.7 Å². The Hall–Kier alpha value is -3.02. The van der Waals surface area contributed by atoms with E-state index in [4.69, 9.17) is 14.2 Å². The highest BCUT2D eigenvalue weighted by atomic mass is 16.5. The molecule has 3 rings (SSSR count). The number of aryl methyl sites for hydroxylation is 1. The van der Waals surface area contributed by atoms with Gasteiger partial charge in [0.25, 0.3) is 5.91 Å². The van der Waals surface area contributed by atoms with E-state index < -0.39 is 0 Å². The summed E-state index contributed by atoms with van der Waals surface area (Å²) in [6, 6.07) is 13.3. The number of ether oxygens (including phenoxy) is 3. The maximum Gasteiger partial charge on any atom is 0.309 e. The smallest absolute Gasteiger partial charge is 0.309 e. The number of esters is 1. The molecule has 0 unspecified atom stereocenters. The van der Waals surface area contributed by atoms with Crippen LogP contribution >= 0.6 is 0 Å². The summed E-state index contributed by atoms with van der Waals surface area (Å²) in [6.45, 7) is 8.09. The maximum absolute atomic E-state index is 13.1. The molecule has 1 saturated heterocycles. The first-order valence-electron chi connectivity index (χ1n) is 10.9. The van der Waals surface area contributed by atoms with Crippen molar-refractivity contribution in [1.82, 2.24) is 4.90 Å². The Morgan fingerprint density at radius 3 is 2.32 bits per heavy atom. The maximum atomic E-state index is 13.1. The second kappa shape index (κ2) is 10.8. The molecule has 0 bridgehead atoms. The molecule has 1 amide bonds. The van der Waals surface area contributed by atoms with Crippen LogP contribution in [0.15, 0.2) is 42.5 Å². The summed E-state index contributed by atoms with van der Waals surface area (Å²) in [5, 5.41) is 0. The van der Waals surface area contributed by atoms with Crippen molar-refractivity contribution in [2.45, 2.75) is 40.2 Å². The summed E-state index contributed by atoms with van der Waals surface area (Å²) >= 11 is 0. The Labute approximate surface area is 184 Å². The Morgan fingerprint density at radius 1 is 0.968 bits per heavy atom. The van der Waals surface area contributed by atoms with Gasteiger partial charge in [-0.3, -0.25) is 9.59 Å². The summed E-state index contributed by atoms with van der Waals surface area (Å²) in [7, 11) is 0. The second-order valence-electron chi connectivity index (χ2n) is 7.68. The van der Waals surface area contributed by atoms with Gasteiger partial charge in [0, 0.05) is 24.2 Å². The van der Waals surface area contributed by atoms with Crippen molar-refractivity contribution in [3.05, 3.63) is 59.2 Å². The van der Waals surface area contributed by atoms with E-state index in [0.29, 0.717) is 57.1 Å². The van der Waals surface area contributed by atoms with Crippen LogP contribution in [-0.2, 0) is 16.1 Å². The molecule has 0 saturated carbocycles. The third-order valence-electron chi connectivity index (χ3n) is 5.42. The molecule has 0 spiro atoms. The van der Waals surface area contributed by atoms with E-state index in [9.17, 15) is 9.59 Å². The Morgan fingerprint density at radius 2 is 1.68 bits per heavy atom. The lowest BCUT2D eigenvalue weighted by Gasteiger charge is -2.31. The number of amides is 1. The van der Waals surface area contributed by atoms with Crippen LogP contribution in [0.5, 0.6) is 11.5 Å². The average Bonchev–Trinajstić information content (AvgIpc) is 2.79. The number of piperidine rings is 1. The van der Waals surface area contributed by atoms with Crippen molar-refractivity contribution in [1.29, 1.82) is 0 Å². The monoisotopic (exact) mass is 425 g/mol. The Balaban J connectivity index is 1.68. The van der Waals surface area contributed by atoms with Crippen LogP contribution < -0.4 is 9.47 Å². The van der Waals surface area contributed by atoms with Gasteiger partial charge >= 0.3 is 5.97 Å². The van der Waals surface area contributed by atoms with Crippen molar-refractivity contribution in [2.75, 3.05) is 26.3 Å². The lowest BCUT2D eigenvalue weighted by Crippen LogP contribution is -2.40. The fourth-order valence-corrected chi connectivity index (χ4v) is 3.68. The predicted molar refractivity (Wildman–Crippen MR) is 118 cm³/mol. The van der Waals surface area contributed by atoms with Crippen LogP contribution in [0.25, 0.3) is 0 Å². The van der Waals surface area contributed by atoms with E-state index >= 15 is 0 Å². The second-order valence-corrected chi connectivity index (χ2v) is 7.68. The van der Waals surface area contributed by atoms with E-state index in [1.807, 2.05) is 57.2 Å². The van der Waals surface area contributed by atoms with Gasteiger partial charge in [-0.25, -0.2) is 0 Å². The molecule has 0 radical (unpaired) electrons. The van der Waals surface area contributed by atoms with Crippen LogP contribution in [0.1, 0.15) is 48.2 Å². The van der Waals surface area contributed by atoms with Gasteiger partial charge in [0.2, 0.25) is 0 Å². The largest absolute Gasteiger partial charge is 0.493 e. The molecule has 0 N–H and O–H groups in total. The summed E-state index contributed by atoms with van der Waals surface area (Å²) < 4.78 is 16.8. The van der Waals surface area contributed by atoms with Crippen molar-refractivity contribution in [3.8, 4) is 11.5 Å². The molecule has 0 atom stereocenters. The third kappa shape index (κ3) is 6.00. The molecule has 1 aliphatic rings. The van der Waals surface area contributed by atoms with Crippen molar-refractivity contribution >= 4 is 11.9 Å². The van der Waals surface area contributed by atoms with Crippen LogP contribution in [0.4, 0.5) is 0 Å². The standard InChI is InChI=1S/C25H31NO5/c1-4-29-23-11-8-20(16-21(23)17-31-22-9-6-18(3)7-10-22)24(27)26-14-12-19(13-15-26)25(28)30-5-2/h6-11,16,19H,4-5,12-15,17H2,1-3H3. The summed E-state index contributed by atoms with van der Waals surface area (Å²) in [6.07, 6.45) is 1.26. The van der Waals surface area contributed by atoms with Gasteiger partial charge in [0.05, 0.1) is 19.1 Å². The number of carbonyl (C=O) groups excluding carboxylic acids is 2. The minimum atomic E-state index is -0.161.